The van der Waals surface area contributed by atoms with E-state index in [9.17, 15) is 13.2 Å². The van der Waals surface area contributed by atoms with Gasteiger partial charge in [0, 0.05) is 5.02 Å². The van der Waals surface area contributed by atoms with E-state index in [1.807, 2.05) is 30.3 Å². The van der Waals surface area contributed by atoms with Gasteiger partial charge in [0.25, 0.3) is 5.91 Å². The van der Waals surface area contributed by atoms with E-state index in [-0.39, 0.29) is 0 Å². The molecule has 166 valence electrons. The van der Waals surface area contributed by atoms with E-state index in [0.29, 0.717) is 27.8 Å². The summed E-state index contributed by atoms with van der Waals surface area (Å²) in [7, 11) is -3.75. The third-order valence-electron chi connectivity index (χ3n) is 4.40. The monoisotopic (exact) mass is 471 g/mol. The summed E-state index contributed by atoms with van der Waals surface area (Å²) < 4.78 is 31.7. The molecule has 0 aliphatic rings. The topological polar surface area (TPSA) is 88.1 Å². The highest BCUT2D eigenvalue weighted by molar-refractivity contribution is 7.92. The van der Waals surface area contributed by atoms with Crippen LogP contribution >= 0.6 is 11.6 Å². The Balaban J connectivity index is 1.73. The Labute approximate surface area is 192 Å². The highest BCUT2D eigenvalue weighted by Gasteiger charge is 2.29. The molecule has 1 atom stereocenters. The van der Waals surface area contributed by atoms with Gasteiger partial charge in [0.2, 0.25) is 10.0 Å². The number of hydrazone groups is 1. The van der Waals surface area contributed by atoms with Gasteiger partial charge in [0.1, 0.15) is 17.5 Å². The molecule has 0 aliphatic carbocycles. The van der Waals surface area contributed by atoms with Crippen molar-refractivity contribution in [1.82, 2.24) is 5.43 Å². The van der Waals surface area contributed by atoms with Crippen LogP contribution in [0, 0.1) is 0 Å². The van der Waals surface area contributed by atoms with Gasteiger partial charge in [-0.05, 0) is 61.0 Å². The minimum absolute atomic E-state index is 0.328. The first-order valence-electron chi connectivity index (χ1n) is 9.65. The van der Waals surface area contributed by atoms with Crippen LogP contribution in [0.3, 0.4) is 0 Å². The molecular formula is C23H22ClN3O4S. The third-order valence-corrected chi connectivity index (χ3v) is 5.87. The van der Waals surface area contributed by atoms with Crippen LogP contribution in [0.2, 0.25) is 5.02 Å². The maximum absolute atomic E-state index is 12.6. The van der Waals surface area contributed by atoms with E-state index in [4.69, 9.17) is 16.3 Å². The molecule has 1 N–H and O–H groups in total. The van der Waals surface area contributed by atoms with Gasteiger partial charge in [-0.15, -0.1) is 0 Å². The van der Waals surface area contributed by atoms with Gasteiger partial charge in [-0.1, -0.05) is 41.9 Å². The second-order valence-corrected chi connectivity index (χ2v) is 9.23. The van der Waals surface area contributed by atoms with Gasteiger partial charge in [0.05, 0.1) is 18.2 Å². The fourth-order valence-corrected chi connectivity index (χ4v) is 4.32. The minimum Gasteiger partial charge on any atom is -0.457 e. The summed E-state index contributed by atoms with van der Waals surface area (Å²) in [6.45, 7) is 1.49. The first-order valence-corrected chi connectivity index (χ1v) is 11.9. The van der Waals surface area contributed by atoms with E-state index in [0.717, 1.165) is 10.6 Å². The number of carbonyl (C=O) groups excluding carboxylic acids is 1. The number of benzene rings is 3. The second-order valence-electron chi connectivity index (χ2n) is 6.93. The molecule has 9 heteroatoms. The summed E-state index contributed by atoms with van der Waals surface area (Å²) in [6, 6.07) is 21.5. The summed E-state index contributed by atoms with van der Waals surface area (Å²) in [5.74, 6) is 0.612. The molecular weight excluding hydrogens is 450 g/mol. The predicted octanol–water partition coefficient (Wildman–Crippen LogP) is 4.44. The minimum atomic E-state index is -3.75. The van der Waals surface area contributed by atoms with E-state index >= 15 is 0 Å². The molecule has 32 heavy (non-hydrogen) atoms. The Kier molecular flexibility index (Phi) is 7.50. The lowest BCUT2D eigenvalue weighted by atomic mass is 10.2. The molecule has 3 rings (SSSR count). The Hall–Kier alpha value is -3.36. The van der Waals surface area contributed by atoms with Gasteiger partial charge < -0.3 is 4.74 Å². The number of ether oxygens (including phenoxy) is 1. The predicted molar refractivity (Wildman–Crippen MR) is 127 cm³/mol. The van der Waals surface area contributed by atoms with Gasteiger partial charge in [-0.2, -0.15) is 5.10 Å². The summed E-state index contributed by atoms with van der Waals surface area (Å²) in [5.41, 5.74) is 3.40. The van der Waals surface area contributed by atoms with Crippen molar-refractivity contribution in [3.63, 3.8) is 0 Å². The van der Waals surface area contributed by atoms with Crippen molar-refractivity contribution in [3.8, 4) is 11.5 Å². The maximum Gasteiger partial charge on any atom is 0.263 e. The lowest BCUT2D eigenvalue weighted by Crippen LogP contribution is -2.46. The lowest BCUT2D eigenvalue weighted by Gasteiger charge is -2.27. The molecule has 0 aliphatic heterocycles. The highest BCUT2D eigenvalue weighted by Crippen LogP contribution is 2.26. The molecule has 0 radical (unpaired) electrons. The molecule has 0 unspecified atom stereocenters. The average Bonchev–Trinajstić information content (AvgIpc) is 2.75. The SMILES string of the molecule is C[C@@H](C(=O)N/N=C\c1cccc(Cl)c1)N(c1ccc(Oc2ccccc2)cc1)S(C)(=O)=O. The van der Waals surface area contributed by atoms with Crippen molar-refractivity contribution >= 4 is 39.4 Å². The number of amides is 1. The van der Waals surface area contributed by atoms with Crippen LogP contribution in [0.4, 0.5) is 5.69 Å². The molecule has 0 bridgehead atoms. The molecule has 0 spiro atoms. The van der Waals surface area contributed by atoms with Crippen molar-refractivity contribution in [3.05, 3.63) is 89.4 Å². The lowest BCUT2D eigenvalue weighted by molar-refractivity contribution is -0.121. The zero-order valence-corrected chi connectivity index (χ0v) is 19.0. The van der Waals surface area contributed by atoms with Crippen molar-refractivity contribution in [2.24, 2.45) is 5.10 Å². The number of halogens is 1. The largest absolute Gasteiger partial charge is 0.457 e. The van der Waals surface area contributed by atoms with Gasteiger partial charge in [-0.3, -0.25) is 9.10 Å². The normalized spacial score (nSPS) is 12.3. The summed E-state index contributed by atoms with van der Waals surface area (Å²) >= 11 is 5.92. The van der Waals surface area contributed by atoms with E-state index < -0.39 is 22.0 Å². The van der Waals surface area contributed by atoms with Crippen LogP contribution in [0.15, 0.2) is 84.0 Å². The second kappa shape index (κ2) is 10.3. The third kappa shape index (κ3) is 6.32. The summed E-state index contributed by atoms with van der Waals surface area (Å²) in [4.78, 5) is 12.6. The highest BCUT2D eigenvalue weighted by atomic mass is 35.5. The number of nitrogens with one attached hydrogen (secondary N) is 1. The number of hydrogen-bond donors (Lipinski definition) is 1. The summed E-state index contributed by atoms with van der Waals surface area (Å²) in [5, 5.41) is 4.44. The van der Waals surface area contributed by atoms with Crippen molar-refractivity contribution in [1.29, 1.82) is 0 Å². The van der Waals surface area contributed by atoms with Crippen LogP contribution in [0.1, 0.15) is 12.5 Å². The van der Waals surface area contributed by atoms with Crippen LogP contribution in [-0.4, -0.2) is 32.8 Å². The standard InChI is InChI=1S/C23H22ClN3O4S/c1-17(23(28)26-25-16-18-7-6-8-19(24)15-18)27(32(2,29)30)20-11-13-22(14-12-20)31-21-9-4-3-5-10-21/h3-17H,1-2H3,(H,26,28)/b25-16-/t17-/m0/s1. The molecule has 0 saturated carbocycles. The van der Waals surface area contributed by atoms with E-state index in [2.05, 4.69) is 10.5 Å². The number of nitrogens with zero attached hydrogens (tertiary/aromatic N) is 2. The molecule has 7 nitrogen and oxygen atoms in total. The molecule has 0 heterocycles. The Morgan fingerprint density at radius 1 is 1.03 bits per heavy atom. The Morgan fingerprint density at radius 2 is 1.69 bits per heavy atom. The zero-order valence-electron chi connectivity index (χ0n) is 17.5. The molecule has 0 saturated heterocycles. The van der Waals surface area contributed by atoms with Crippen molar-refractivity contribution < 1.29 is 17.9 Å². The fraction of sp³-hybridized carbons (Fsp3) is 0.130. The molecule has 0 aromatic heterocycles. The number of carbonyl (C=O) groups is 1. The smallest absolute Gasteiger partial charge is 0.263 e. The fourth-order valence-electron chi connectivity index (χ4n) is 2.95. The molecule has 0 fully saturated rings. The van der Waals surface area contributed by atoms with Crippen LogP contribution in [-0.2, 0) is 14.8 Å². The van der Waals surface area contributed by atoms with Crippen LogP contribution in [0.5, 0.6) is 11.5 Å². The number of rotatable bonds is 8. The maximum atomic E-state index is 12.6. The van der Waals surface area contributed by atoms with Gasteiger partial charge in [0.15, 0.2) is 0 Å². The molecule has 1 amide bonds. The van der Waals surface area contributed by atoms with E-state index in [1.165, 1.54) is 13.1 Å². The Morgan fingerprint density at radius 3 is 2.31 bits per heavy atom. The van der Waals surface area contributed by atoms with E-state index in [1.54, 1.807) is 48.5 Å². The van der Waals surface area contributed by atoms with Crippen LogP contribution < -0.4 is 14.5 Å². The quantitative estimate of drug-likeness (QED) is 0.388. The first kappa shape index (κ1) is 23.3. The van der Waals surface area contributed by atoms with Crippen molar-refractivity contribution in [2.45, 2.75) is 13.0 Å². The number of para-hydroxylation sites is 1. The number of anilines is 1. The average molecular weight is 472 g/mol. The van der Waals surface area contributed by atoms with Gasteiger partial charge >= 0.3 is 0 Å². The zero-order chi connectivity index (χ0) is 23.1. The van der Waals surface area contributed by atoms with Crippen LogP contribution in [0.25, 0.3) is 0 Å². The Bertz CT molecular complexity index is 1200. The molecule has 3 aromatic carbocycles. The number of sulfonamides is 1. The molecule has 3 aromatic rings. The first-order chi connectivity index (χ1) is 15.2. The summed E-state index contributed by atoms with van der Waals surface area (Å²) in [6.07, 6.45) is 2.47. The van der Waals surface area contributed by atoms with Gasteiger partial charge in [-0.25, -0.2) is 13.8 Å². The van der Waals surface area contributed by atoms with Crippen molar-refractivity contribution in [2.75, 3.05) is 10.6 Å². The number of hydrogen-bond acceptors (Lipinski definition) is 5.